The molecule has 0 fully saturated rings. The quantitative estimate of drug-likeness (QED) is 0.430. The summed E-state index contributed by atoms with van der Waals surface area (Å²) in [6, 6.07) is 0. The molecule has 0 aromatic rings. The Hall–Kier alpha value is 0.660. The molecule has 0 aliphatic carbocycles. The van der Waals surface area contributed by atoms with Crippen molar-refractivity contribution in [1.82, 2.24) is 0 Å². The van der Waals surface area contributed by atoms with E-state index >= 15 is 0 Å². The van der Waals surface area contributed by atoms with E-state index in [9.17, 15) is 0 Å². The molecule has 0 spiro atoms. The fraction of sp³-hybridized carbons (Fsp3) is 1.00. The van der Waals surface area contributed by atoms with Gasteiger partial charge in [0.2, 0.25) is 0 Å². The molecule has 1 nitrogen and oxygen atoms in total. The zero-order valence-corrected chi connectivity index (χ0v) is 13.8. The van der Waals surface area contributed by atoms with Crippen molar-refractivity contribution in [2.45, 2.75) is 64.7 Å². The lowest BCUT2D eigenvalue weighted by molar-refractivity contribution is 0.322. The molecule has 0 atom stereocenters. The summed E-state index contributed by atoms with van der Waals surface area (Å²) >= 11 is 4.00. The summed E-state index contributed by atoms with van der Waals surface area (Å²) in [5, 5.41) is 8.64. The van der Waals surface area contributed by atoms with Gasteiger partial charge in [0.25, 0.3) is 0 Å². The third-order valence-electron chi connectivity index (χ3n) is 2.91. The molecule has 0 unspecified atom stereocenters. The van der Waals surface area contributed by atoms with E-state index in [-0.39, 0.29) is 0 Å². The first-order chi connectivity index (χ1) is 8.91. The number of rotatable bonds is 15. The highest BCUT2D eigenvalue weighted by Gasteiger charge is 1.93. The van der Waals surface area contributed by atoms with Crippen molar-refractivity contribution in [3.63, 3.8) is 0 Å². The minimum absolute atomic E-state index is 0.335. The number of aliphatic hydroxyl groups excluding tert-OH is 1. The molecule has 0 aliphatic rings. The van der Waals surface area contributed by atoms with Crippen LogP contribution in [0.1, 0.15) is 64.7 Å². The van der Waals surface area contributed by atoms with Gasteiger partial charge in [-0.3, -0.25) is 0 Å². The first-order valence-electron chi connectivity index (χ1n) is 7.68. The molecule has 0 rings (SSSR count). The zero-order valence-electron chi connectivity index (χ0n) is 12.2. The van der Waals surface area contributed by atoms with E-state index in [1.165, 1.54) is 75.0 Å². The molecule has 0 radical (unpaired) electrons. The van der Waals surface area contributed by atoms with Crippen LogP contribution in [0.5, 0.6) is 0 Å². The molecule has 0 aromatic carbocycles. The van der Waals surface area contributed by atoms with Gasteiger partial charge >= 0.3 is 0 Å². The molecule has 0 aromatic heterocycles. The fourth-order valence-corrected chi connectivity index (χ4v) is 3.52. The number of thioether (sulfide) groups is 2. The van der Waals surface area contributed by atoms with Crippen LogP contribution in [-0.2, 0) is 0 Å². The summed E-state index contributed by atoms with van der Waals surface area (Å²) in [5.41, 5.74) is 0. The maximum atomic E-state index is 8.64. The van der Waals surface area contributed by atoms with Gasteiger partial charge < -0.3 is 5.11 Å². The van der Waals surface area contributed by atoms with E-state index in [0.717, 1.165) is 5.75 Å². The molecule has 18 heavy (non-hydrogen) atoms. The van der Waals surface area contributed by atoms with Crippen molar-refractivity contribution in [1.29, 1.82) is 0 Å². The zero-order chi connectivity index (χ0) is 13.3. The van der Waals surface area contributed by atoms with Crippen LogP contribution in [0, 0.1) is 0 Å². The molecule has 0 amide bonds. The van der Waals surface area contributed by atoms with Crippen molar-refractivity contribution in [2.24, 2.45) is 0 Å². The molecular weight excluding hydrogens is 260 g/mol. The minimum atomic E-state index is 0.335. The molecule has 0 aliphatic heterocycles. The van der Waals surface area contributed by atoms with E-state index in [0.29, 0.717) is 6.61 Å². The van der Waals surface area contributed by atoms with Crippen molar-refractivity contribution in [3.05, 3.63) is 0 Å². The molecule has 0 bridgehead atoms. The second-order valence-corrected chi connectivity index (χ2v) is 7.23. The van der Waals surface area contributed by atoms with Crippen LogP contribution in [0.4, 0.5) is 0 Å². The van der Waals surface area contributed by atoms with E-state index in [4.69, 9.17) is 5.11 Å². The third-order valence-corrected chi connectivity index (χ3v) is 5.23. The Balaban J connectivity index is 2.86. The highest BCUT2D eigenvalue weighted by atomic mass is 32.2. The third kappa shape index (κ3) is 16.7. The van der Waals surface area contributed by atoms with E-state index < -0.39 is 0 Å². The summed E-state index contributed by atoms with van der Waals surface area (Å²) in [4.78, 5) is 0. The van der Waals surface area contributed by atoms with Crippen LogP contribution >= 0.6 is 23.5 Å². The van der Waals surface area contributed by atoms with Gasteiger partial charge in [0.15, 0.2) is 0 Å². The monoisotopic (exact) mass is 292 g/mol. The van der Waals surface area contributed by atoms with Gasteiger partial charge in [-0.25, -0.2) is 0 Å². The average molecular weight is 293 g/mol. The largest absolute Gasteiger partial charge is 0.396 e. The van der Waals surface area contributed by atoms with Gasteiger partial charge in [0, 0.05) is 5.75 Å². The van der Waals surface area contributed by atoms with Gasteiger partial charge in [-0.2, -0.15) is 23.5 Å². The predicted octanol–water partition coefficient (Wildman–Crippen LogP) is 4.98. The molecule has 110 valence electrons. The number of unbranched alkanes of at least 4 members (excludes halogenated alkanes) is 7. The standard InChI is InChI=1S/C15H32OS2/c1-2-12-17-13-9-7-5-3-4-6-8-10-14-18-15-11-16/h16H,2-15H2,1H3. The Kier molecular flexibility index (Phi) is 18.3. The molecule has 0 saturated heterocycles. The topological polar surface area (TPSA) is 20.2 Å². The lowest BCUT2D eigenvalue weighted by atomic mass is 10.1. The lowest BCUT2D eigenvalue weighted by Crippen LogP contribution is -1.89. The highest BCUT2D eigenvalue weighted by Crippen LogP contribution is 2.12. The van der Waals surface area contributed by atoms with Gasteiger partial charge in [-0.05, 0) is 36.5 Å². The van der Waals surface area contributed by atoms with Crippen molar-refractivity contribution < 1.29 is 5.11 Å². The maximum absolute atomic E-state index is 8.64. The Morgan fingerprint density at radius 1 is 0.611 bits per heavy atom. The van der Waals surface area contributed by atoms with Crippen molar-refractivity contribution in [2.75, 3.05) is 29.6 Å². The van der Waals surface area contributed by atoms with E-state index in [1.807, 2.05) is 11.8 Å². The van der Waals surface area contributed by atoms with Crippen molar-refractivity contribution >= 4 is 23.5 Å². The molecule has 0 saturated carbocycles. The summed E-state index contributed by atoms with van der Waals surface area (Å²) in [6.45, 7) is 2.59. The molecule has 1 N–H and O–H groups in total. The first-order valence-corrected chi connectivity index (χ1v) is 9.99. The fourth-order valence-electron chi connectivity index (χ4n) is 1.88. The SMILES string of the molecule is CCCSCCCCCCCCCCSCCO. The van der Waals surface area contributed by atoms with E-state index in [2.05, 4.69) is 18.7 Å². The molecular formula is C15H32OS2. The Morgan fingerprint density at radius 3 is 1.50 bits per heavy atom. The van der Waals surface area contributed by atoms with Gasteiger partial charge in [0.1, 0.15) is 0 Å². The maximum Gasteiger partial charge on any atom is 0.0521 e. The summed E-state index contributed by atoms with van der Waals surface area (Å²) in [5.74, 6) is 4.86. The second-order valence-electron chi connectivity index (χ2n) is 4.78. The summed E-state index contributed by atoms with van der Waals surface area (Å²) < 4.78 is 0. The Morgan fingerprint density at radius 2 is 1.06 bits per heavy atom. The second kappa shape index (κ2) is 17.7. The van der Waals surface area contributed by atoms with Crippen LogP contribution in [-0.4, -0.2) is 34.7 Å². The molecule has 3 heteroatoms. The van der Waals surface area contributed by atoms with Gasteiger partial charge in [-0.15, -0.1) is 0 Å². The first kappa shape index (κ1) is 18.7. The lowest BCUT2D eigenvalue weighted by Gasteiger charge is -2.02. The highest BCUT2D eigenvalue weighted by molar-refractivity contribution is 7.99. The molecule has 0 heterocycles. The number of aliphatic hydroxyl groups is 1. The predicted molar refractivity (Wildman–Crippen MR) is 89.0 cm³/mol. The number of hydrogen-bond donors (Lipinski definition) is 1. The van der Waals surface area contributed by atoms with Gasteiger partial charge in [-0.1, -0.05) is 45.4 Å². The van der Waals surface area contributed by atoms with Crippen molar-refractivity contribution in [3.8, 4) is 0 Å². The minimum Gasteiger partial charge on any atom is -0.396 e. The Bertz CT molecular complexity index is 126. The van der Waals surface area contributed by atoms with Crippen LogP contribution in [0.15, 0.2) is 0 Å². The normalized spacial score (nSPS) is 11.0. The Labute approximate surface area is 123 Å². The van der Waals surface area contributed by atoms with Crippen LogP contribution in [0.25, 0.3) is 0 Å². The van der Waals surface area contributed by atoms with E-state index in [1.54, 1.807) is 0 Å². The summed E-state index contributed by atoms with van der Waals surface area (Å²) in [7, 11) is 0. The smallest absolute Gasteiger partial charge is 0.0521 e. The van der Waals surface area contributed by atoms with Crippen LogP contribution in [0.2, 0.25) is 0 Å². The van der Waals surface area contributed by atoms with Crippen LogP contribution in [0.3, 0.4) is 0 Å². The average Bonchev–Trinajstić information content (AvgIpc) is 2.39. The van der Waals surface area contributed by atoms with Crippen LogP contribution < -0.4 is 0 Å². The summed E-state index contributed by atoms with van der Waals surface area (Å²) in [6.07, 6.45) is 12.6. The van der Waals surface area contributed by atoms with Gasteiger partial charge in [0.05, 0.1) is 6.61 Å². The number of hydrogen-bond acceptors (Lipinski definition) is 3.